The molecule has 10 heteroatoms. The summed E-state index contributed by atoms with van der Waals surface area (Å²) in [6.07, 6.45) is 1.82. The predicted molar refractivity (Wildman–Crippen MR) is 139 cm³/mol. The number of rotatable bonds is 10. The van der Waals surface area contributed by atoms with E-state index < -0.39 is 6.04 Å². The van der Waals surface area contributed by atoms with Crippen molar-refractivity contribution in [2.24, 2.45) is 0 Å². The first kappa shape index (κ1) is 25.5. The predicted octanol–water partition coefficient (Wildman–Crippen LogP) is 3.41. The van der Waals surface area contributed by atoms with Crippen molar-refractivity contribution >= 4 is 22.8 Å². The number of aryl methyl sites for hydroxylation is 1. The van der Waals surface area contributed by atoms with Crippen LogP contribution in [0.25, 0.3) is 11.0 Å². The van der Waals surface area contributed by atoms with Gasteiger partial charge in [0.1, 0.15) is 29.3 Å². The van der Waals surface area contributed by atoms with E-state index in [1.807, 2.05) is 55.5 Å². The molecule has 2 atom stereocenters. The highest BCUT2D eigenvalue weighted by atomic mass is 16.5. The molecule has 1 fully saturated rings. The van der Waals surface area contributed by atoms with Crippen molar-refractivity contribution in [3.8, 4) is 5.75 Å². The van der Waals surface area contributed by atoms with Crippen LogP contribution in [0.4, 0.5) is 0 Å². The van der Waals surface area contributed by atoms with Crippen LogP contribution >= 0.6 is 0 Å². The molecule has 1 aliphatic heterocycles. The Morgan fingerprint density at radius 2 is 1.97 bits per heavy atom. The molecule has 10 nitrogen and oxygen atoms in total. The summed E-state index contributed by atoms with van der Waals surface area (Å²) in [5.74, 6) is 1.10. The summed E-state index contributed by atoms with van der Waals surface area (Å²) >= 11 is 0. The maximum absolute atomic E-state index is 13.9. The van der Waals surface area contributed by atoms with Gasteiger partial charge in [-0.25, -0.2) is 4.68 Å². The molecule has 2 unspecified atom stereocenters. The van der Waals surface area contributed by atoms with E-state index in [9.17, 15) is 9.59 Å². The summed E-state index contributed by atoms with van der Waals surface area (Å²) in [4.78, 5) is 29.1. The first-order chi connectivity index (χ1) is 18.5. The van der Waals surface area contributed by atoms with E-state index >= 15 is 0 Å². The first-order valence-corrected chi connectivity index (χ1v) is 12.7. The number of carbonyl (C=O) groups excluding carboxylic acids is 2. The van der Waals surface area contributed by atoms with Crippen LogP contribution in [0, 0.1) is 6.92 Å². The first-order valence-electron chi connectivity index (χ1n) is 12.7. The number of benzene rings is 2. The molecule has 1 aliphatic rings. The van der Waals surface area contributed by atoms with Crippen molar-refractivity contribution in [3.63, 3.8) is 0 Å². The number of nitrogens with one attached hydrogen (secondary N) is 1. The second-order valence-electron chi connectivity index (χ2n) is 9.34. The lowest BCUT2D eigenvalue weighted by Crippen LogP contribution is -2.46. The van der Waals surface area contributed by atoms with Crippen molar-refractivity contribution in [1.82, 2.24) is 25.2 Å². The van der Waals surface area contributed by atoms with Gasteiger partial charge < -0.3 is 24.1 Å². The SMILES string of the molecule is COc1ccc(CN(C(=O)Cn2nnc3ccccc32)C(C(=O)NCC2CCCO2)c2ccc(C)o2)cc1. The minimum atomic E-state index is -0.991. The largest absolute Gasteiger partial charge is 0.497 e. The van der Waals surface area contributed by atoms with Gasteiger partial charge in [0, 0.05) is 19.7 Å². The van der Waals surface area contributed by atoms with Gasteiger partial charge in [-0.3, -0.25) is 9.59 Å². The van der Waals surface area contributed by atoms with Crippen LogP contribution in [0.3, 0.4) is 0 Å². The van der Waals surface area contributed by atoms with Crippen molar-refractivity contribution in [1.29, 1.82) is 0 Å². The molecule has 198 valence electrons. The second kappa shape index (κ2) is 11.5. The Hall–Kier alpha value is -4.18. The minimum Gasteiger partial charge on any atom is -0.497 e. The van der Waals surface area contributed by atoms with Gasteiger partial charge in [-0.05, 0) is 61.7 Å². The van der Waals surface area contributed by atoms with Crippen molar-refractivity contribution in [3.05, 3.63) is 77.7 Å². The smallest absolute Gasteiger partial charge is 0.250 e. The number of hydrogen-bond donors (Lipinski definition) is 1. The molecule has 0 radical (unpaired) electrons. The van der Waals surface area contributed by atoms with Crippen LogP contribution in [0.5, 0.6) is 5.75 Å². The molecule has 2 aromatic carbocycles. The summed E-state index contributed by atoms with van der Waals surface area (Å²) in [6.45, 7) is 2.95. The number of hydrogen-bond acceptors (Lipinski definition) is 7. The lowest BCUT2D eigenvalue weighted by molar-refractivity contribution is -0.143. The topological polar surface area (TPSA) is 112 Å². The zero-order valence-corrected chi connectivity index (χ0v) is 21.5. The molecular weight excluding hydrogens is 486 g/mol. The Bertz CT molecular complexity index is 1390. The number of aromatic nitrogens is 3. The van der Waals surface area contributed by atoms with Crippen LogP contribution < -0.4 is 10.1 Å². The van der Waals surface area contributed by atoms with Gasteiger partial charge in [-0.2, -0.15) is 0 Å². The van der Waals surface area contributed by atoms with Gasteiger partial charge in [0.05, 0.1) is 18.7 Å². The number of furan rings is 1. The molecule has 0 spiro atoms. The van der Waals surface area contributed by atoms with E-state index in [0.717, 1.165) is 23.9 Å². The molecular formula is C28H31N5O5. The average molecular weight is 518 g/mol. The molecule has 3 heterocycles. The fraction of sp³-hybridized carbons (Fsp3) is 0.357. The zero-order chi connectivity index (χ0) is 26.5. The Balaban J connectivity index is 1.47. The van der Waals surface area contributed by atoms with Crippen molar-refractivity contribution in [2.45, 2.75) is 45.0 Å². The average Bonchev–Trinajstić information content (AvgIpc) is 3.70. The summed E-state index contributed by atoms with van der Waals surface area (Å²) in [5.41, 5.74) is 2.26. The molecule has 38 heavy (non-hydrogen) atoms. The van der Waals surface area contributed by atoms with Gasteiger partial charge in [0.2, 0.25) is 5.91 Å². The molecule has 1 saturated heterocycles. The standard InChI is InChI=1S/C28H31N5O5/c1-19-9-14-25(38-19)27(28(35)29-16-22-6-5-15-37-22)32(17-20-10-12-21(36-2)13-11-20)26(34)18-33-24-8-4-3-7-23(24)30-31-33/h3-4,7-14,22,27H,5-6,15-18H2,1-2H3,(H,29,35). The monoisotopic (exact) mass is 517 g/mol. The molecule has 2 amide bonds. The fourth-order valence-electron chi connectivity index (χ4n) is 4.65. The van der Waals surface area contributed by atoms with E-state index in [1.54, 1.807) is 23.9 Å². The molecule has 1 N–H and O–H groups in total. The van der Waals surface area contributed by atoms with E-state index in [1.165, 1.54) is 4.90 Å². The lowest BCUT2D eigenvalue weighted by atomic mass is 10.1. The van der Waals surface area contributed by atoms with E-state index in [0.29, 0.717) is 35.9 Å². The van der Waals surface area contributed by atoms with Crippen molar-refractivity contribution < 1.29 is 23.5 Å². The van der Waals surface area contributed by atoms with Crippen LogP contribution in [-0.4, -0.2) is 58.1 Å². The minimum absolute atomic E-state index is 0.0369. The van der Waals surface area contributed by atoms with E-state index in [-0.39, 0.29) is 31.0 Å². The van der Waals surface area contributed by atoms with Crippen LogP contribution in [0.1, 0.15) is 36.0 Å². The Kier molecular flexibility index (Phi) is 7.69. The summed E-state index contributed by atoms with van der Waals surface area (Å²) in [6, 6.07) is 17.4. The van der Waals surface area contributed by atoms with Crippen LogP contribution in [0.15, 0.2) is 65.1 Å². The van der Waals surface area contributed by atoms with Crippen LogP contribution in [0.2, 0.25) is 0 Å². The van der Waals surface area contributed by atoms with Gasteiger partial charge >= 0.3 is 0 Å². The molecule has 4 aromatic rings. The normalized spacial score (nSPS) is 15.9. The van der Waals surface area contributed by atoms with E-state index in [2.05, 4.69) is 15.6 Å². The highest BCUT2D eigenvalue weighted by Crippen LogP contribution is 2.27. The number of amides is 2. The maximum atomic E-state index is 13.9. The fourth-order valence-corrected chi connectivity index (χ4v) is 4.65. The Morgan fingerprint density at radius 3 is 2.68 bits per heavy atom. The van der Waals surface area contributed by atoms with Gasteiger partial charge in [0.15, 0.2) is 6.04 Å². The number of para-hydroxylation sites is 1. The number of fused-ring (bicyclic) bond motifs is 1. The summed E-state index contributed by atoms with van der Waals surface area (Å²) < 4.78 is 18.4. The molecule has 2 aromatic heterocycles. The molecule has 0 bridgehead atoms. The van der Waals surface area contributed by atoms with Gasteiger partial charge in [-0.15, -0.1) is 5.10 Å². The Labute approximate surface area is 220 Å². The number of nitrogens with zero attached hydrogens (tertiary/aromatic N) is 4. The van der Waals surface area contributed by atoms with E-state index in [4.69, 9.17) is 13.9 Å². The number of methoxy groups -OCH3 is 1. The third-order valence-corrected chi connectivity index (χ3v) is 6.66. The van der Waals surface area contributed by atoms with Gasteiger partial charge in [-0.1, -0.05) is 29.5 Å². The highest BCUT2D eigenvalue weighted by Gasteiger charge is 2.35. The summed E-state index contributed by atoms with van der Waals surface area (Å²) in [5, 5.41) is 11.3. The molecule has 5 rings (SSSR count). The third-order valence-electron chi connectivity index (χ3n) is 6.66. The lowest BCUT2D eigenvalue weighted by Gasteiger charge is -2.30. The quantitative estimate of drug-likeness (QED) is 0.343. The highest BCUT2D eigenvalue weighted by molar-refractivity contribution is 5.88. The number of carbonyl (C=O) groups is 2. The summed E-state index contributed by atoms with van der Waals surface area (Å²) in [7, 11) is 1.60. The molecule has 0 aliphatic carbocycles. The Morgan fingerprint density at radius 1 is 1.16 bits per heavy atom. The second-order valence-corrected chi connectivity index (χ2v) is 9.34. The zero-order valence-electron chi connectivity index (χ0n) is 21.5. The van der Waals surface area contributed by atoms with Gasteiger partial charge in [0.25, 0.3) is 5.91 Å². The van der Waals surface area contributed by atoms with Crippen LogP contribution in [-0.2, 0) is 27.4 Å². The molecule has 0 saturated carbocycles. The number of ether oxygens (including phenoxy) is 2. The van der Waals surface area contributed by atoms with Crippen molar-refractivity contribution in [2.75, 3.05) is 20.3 Å². The maximum Gasteiger partial charge on any atom is 0.250 e. The third kappa shape index (κ3) is 5.70.